The quantitative estimate of drug-likeness (QED) is 0.577. The fraction of sp³-hybridized carbons (Fsp3) is 0.273. The molecule has 2 N–H and O–H groups in total. The van der Waals surface area contributed by atoms with Gasteiger partial charge in [0, 0.05) is 24.2 Å². The number of ether oxygens (including phenoxy) is 1. The lowest BCUT2D eigenvalue weighted by Gasteiger charge is -2.19. The van der Waals surface area contributed by atoms with E-state index in [2.05, 4.69) is 10.9 Å². The molecule has 1 aliphatic heterocycles. The van der Waals surface area contributed by atoms with Crippen LogP contribution >= 0.6 is 0 Å². The van der Waals surface area contributed by atoms with E-state index in [1.54, 1.807) is 35.2 Å². The summed E-state index contributed by atoms with van der Waals surface area (Å²) >= 11 is 0. The SMILES string of the molecule is Cc1ccc(C)c(N2C[C@@H](C(=O)OCC(=O)NNC(=O)c3ccccc3)CC2=O)c1. The zero-order chi connectivity index (χ0) is 21.7. The Morgan fingerprint density at radius 3 is 2.53 bits per heavy atom. The predicted octanol–water partition coefficient (Wildman–Crippen LogP) is 1.66. The van der Waals surface area contributed by atoms with Crippen molar-refractivity contribution < 1.29 is 23.9 Å². The molecule has 2 aromatic rings. The van der Waals surface area contributed by atoms with Crippen LogP contribution in [0.2, 0.25) is 0 Å². The molecule has 30 heavy (non-hydrogen) atoms. The van der Waals surface area contributed by atoms with Gasteiger partial charge in [-0.15, -0.1) is 0 Å². The van der Waals surface area contributed by atoms with Gasteiger partial charge in [0.2, 0.25) is 5.91 Å². The Bertz CT molecular complexity index is 974. The number of aryl methyl sites for hydroxylation is 2. The van der Waals surface area contributed by atoms with Crippen molar-refractivity contribution in [1.82, 2.24) is 10.9 Å². The number of rotatable bonds is 5. The van der Waals surface area contributed by atoms with Crippen molar-refractivity contribution in [1.29, 1.82) is 0 Å². The topological polar surface area (TPSA) is 105 Å². The van der Waals surface area contributed by atoms with Gasteiger partial charge in [0.15, 0.2) is 6.61 Å². The average molecular weight is 409 g/mol. The third-order valence-electron chi connectivity index (χ3n) is 4.81. The first-order valence-electron chi connectivity index (χ1n) is 9.53. The minimum atomic E-state index is -0.677. The molecule has 0 unspecified atom stereocenters. The molecule has 0 spiro atoms. The largest absolute Gasteiger partial charge is 0.455 e. The van der Waals surface area contributed by atoms with Crippen LogP contribution in [0.5, 0.6) is 0 Å². The minimum absolute atomic E-state index is 0.0264. The van der Waals surface area contributed by atoms with Crippen LogP contribution in [-0.2, 0) is 19.1 Å². The third-order valence-corrected chi connectivity index (χ3v) is 4.81. The average Bonchev–Trinajstić information content (AvgIpc) is 3.14. The number of hydrazine groups is 1. The molecule has 8 nitrogen and oxygen atoms in total. The zero-order valence-corrected chi connectivity index (χ0v) is 16.8. The van der Waals surface area contributed by atoms with Gasteiger partial charge in [0.1, 0.15) is 0 Å². The molecule has 2 aromatic carbocycles. The van der Waals surface area contributed by atoms with Gasteiger partial charge in [-0.3, -0.25) is 30.0 Å². The Hall–Kier alpha value is -3.68. The van der Waals surface area contributed by atoms with Crippen LogP contribution < -0.4 is 15.8 Å². The zero-order valence-electron chi connectivity index (χ0n) is 16.8. The molecule has 0 aromatic heterocycles. The summed E-state index contributed by atoms with van der Waals surface area (Å²) in [6, 6.07) is 14.2. The van der Waals surface area contributed by atoms with Crippen LogP contribution in [-0.4, -0.2) is 36.8 Å². The van der Waals surface area contributed by atoms with E-state index in [1.165, 1.54) is 0 Å². The smallest absolute Gasteiger partial charge is 0.311 e. The molecule has 1 atom stereocenters. The summed E-state index contributed by atoms with van der Waals surface area (Å²) in [7, 11) is 0. The van der Waals surface area contributed by atoms with Gasteiger partial charge in [-0.05, 0) is 43.2 Å². The highest BCUT2D eigenvalue weighted by molar-refractivity contribution is 6.00. The highest BCUT2D eigenvalue weighted by Gasteiger charge is 2.36. The summed E-state index contributed by atoms with van der Waals surface area (Å²) in [5.74, 6) is -2.60. The number of benzene rings is 2. The van der Waals surface area contributed by atoms with Crippen molar-refractivity contribution in [2.75, 3.05) is 18.1 Å². The van der Waals surface area contributed by atoms with Crippen molar-refractivity contribution in [3.63, 3.8) is 0 Å². The summed E-state index contributed by atoms with van der Waals surface area (Å²) < 4.78 is 5.03. The van der Waals surface area contributed by atoms with E-state index in [4.69, 9.17) is 4.74 Å². The van der Waals surface area contributed by atoms with E-state index < -0.39 is 30.3 Å². The molecule has 156 valence electrons. The molecule has 1 heterocycles. The maximum Gasteiger partial charge on any atom is 0.311 e. The Morgan fingerprint density at radius 1 is 1.07 bits per heavy atom. The van der Waals surface area contributed by atoms with Crippen molar-refractivity contribution in [3.05, 3.63) is 65.2 Å². The normalized spacial score (nSPS) is 15.6. The van der Waals surface area contributed by atoms with Gasteiger partial charge in [-0.1, -0.05) is 30.3 Å². The molecule has 1 fully saturated rings. The van der Waals surface area contributed by atoms with E-state index in [0.717, 1.165) is 16.8 Å². The first kappa shape index (κ1) is 21.0. The monoisotopic (exact) mass is 409 g/mol. The summed E-state index contributed by atoms with van der Waals surface area (Å²) in [5, 5.41) is 0. The van der Waals surface area contributed by atoms with Gasteiger partial charge in [-0.25, -0.2) is 0 Å². The van der Waals surface area contributed by atoms with Crippen LogP contribution in [0.25, 0.3) is 0 Å². The van der Waals surface area contributed by atoms with Crippen molar-refractivity contribution in [2.45, 2.75) is 20.3 Å². The van der Waals surface area contributed by atoms with E-state index in [1.807, 2.05) is 32.0 Å². The van der Waals surface area contributed by atoms with E-state index in [-0.39, 0.29) is 18.9 Å². The highest BCUT2D eigenvalue weighted by atomic mass is 16.5. The maximum atomic E-state index is 12.4. The molecule has 0 bridgehead atoms. The number of carbonyl (C=O) groups is 4. The number of anilines is 1. The van der Waals surface area contributed by atoms with Crippen LogP contribution in [0.3, 0.4) is 0 Å². The molecule has 3 rings (SSSR count). The van der Waals surface area contributed by atoms with E-state index in [0.29, 0.717) is 5.56 Å². The van der Waals surface area contributed by atoms with Crippen LogP contribution in [0.4, 0.5) is 5.69 Å². The molecule has 0 aliphatic carbocycles. The lowest BCUT2D eigenvalue weighted by molar-refractivity contribution is -0.152. The molecule has 0 saturated carbocycles. The third kappa shape index (κ3) is 5.02. The van der Waals surface area contributed by atoms with Gasteiger partial charge in [-0.2, -0.15) is 0 Å². The molecule has 1 aliphatic rings. The number of nitrogens with one attached hydrogen (secondary N) is 2. The minimum Gasteiger partial charge on any atom is -0.455 e. The van der Waals surface area contributed by atoms with E-state index >= 15 is 0 Å². The first-order valence-corrected chi connectivity index (χ1v) is 9.53. The summed E-state index contributed by atoms with van der Waals surface area (Å²) in [6.45, 7) is 3.49. The lowest BCUT2D eigenvalue weighted by atomic mass is 10.1. The number of amides is 3. The number of esters is 1. The first-order chi connectivity index (χ1) is 14.3. The number of nitrogens with zero attached hydrogens (tertiary/aromatic N) is 1. The van der Waals surface area contributed by atoms with Crippen LogP contribution in [0.1, 0.15) is 27.9 Å². The van der Waals surface area contributed by atoms with Gasteiger partial charge in [0.05, 0.1) is 5.92 Å². The second kappa shape index (κ2) is 9.21. The lowest BCUT2D eigenvalue weighted by Crippen LogP contribution is -2.43. The summed E-state index contributed by atoms with van der Waals surface area (Å²) in [4.78, 5) is 50.0. The Morgan fingerprint density at radius 2 is 1.80 bits per heavy atom. The van der Waals surface area contributed by atoms with Crippen molar-refractivity contribution >= 4 is 29.4 Å². The molecule has 0 radical (unpaired) electrons. The van der Waals surface area contributed by atoms with Gasteiger partial charge >= 0.3 is 5.97 Å². The standard InChI is InChI=1S/C22H23N3O5/c1-14-8-9-15(2)18(10-14)25-12-17(11-20(25)27)22(29)30-13-19(26)23-24-21(28)16-6-4-3-5-7-16/h3-10,17H,11-13H2,1-2H3,(H,23,26)(H,24,28)/t17-/m0/s1. The molecular formula is C22H23N3O5. The Balaban J connectivity index is 1.48. The molecule has 1 saturated heterocycles. The second-order valence-electron chi connectivity index (χ2n) is 7.17. The van der Waals surface area contributed by atoms with Crippen LogP contribution in [0, 0.1) is 19.8 Å². The number of carbonyl (C=O) groups excluding carboxylic acids is 4. The van der Waals surface area contributed by atoms with Crippen molar-refractivity contribution in [3.8, 4) is 0 Å². The van der Waals surface area contributed by atoms with Crippen molar-refractivity contribution in [2.24, 2.45) is 5.92 Å². The van der Waals surface area contributed by atoms with E-state index in [9.17, 15) is 19.2 Å². The maximum absolute atomic E-state index is 12.4. The highest BCUT2D eigenvalue weighted by Crippen LogP contribution is 2.29. The second-order valence-corrected chi connectivity index (χ2v) is 7.17. The molecular weight excluding hydrogens is 386 g/mol. The predicted molar refractivity (Wildman–Crippen MR) is 109 cm³/mol. The number of hydrogen-bond acceptors (Lipinski definition) is 5. The van der Waals surface area contributed by atoms with Gasteiger partial charge in [0.25, 0.3) is 11.8 Å². The number of hydrogen-bond donors (Lipinski definition) is 2. The molecule has 8 heteroatoms. The van der Waals surface area contributed by atoms with Gasteiger partial charge < -0.3 is 9.64 Å². The fourth-order valence-electron chi connectivity index (χ4n) is 3.19. The Labute approximate surface area is 174 Å². The fourth-order valence-corrected chi connectivity index (χ4v) is 3.19. The summed E-state index contributed by atoms with van der Waals surface area (Å²) in [6.07, 6.45) is 0.0264. The summed E-state index contributed by atoms with van der Waals surface area (Å²) in [5.41, 5.74) is 7.55. The Kier molecular flexibility index (Phi) is 6.46. The molecule has 3 amide bonds. The van der Waals surface area contributed by atoms with Crippen LogP contribution in [0.15, 0.2) is 48.5 Å².